The van der Waals surface area contributed by atoms with Crippen molar-refractivity contribution in [1.29, 1.82) is 0 Å². The monoisotopic (exact) mass is 436 g/mol. The van der Waals surface area contributed by atoms with Crippen LogP contribution in [0, 0.1) is 29.1 Å². The zero-order valence-electron chi connectivity index (χ0n) is 19.6. The Bertz CT molecular complexity index is 694. The molecule has 7 atom stereocenters. The molecule has 6 heteroatoms. The molecule has 0 saturated carbocycles. The molecule has 0 aliphatic heterocycles. The van der Waals surface area contributed by atoms with Gasteiger partial charge < -0.3 is 20.1 Å². The highest BCUT2D eigenvalue weighted by Crippen LogP contribution is 2.45. The Kier molecular flexibility index (Phi) is 8.90. The first kappa shape index (κ1) is 25.6. The van der Waals surface area contributed by atoms with Crippen molar-refractivity contribution in [2.24, 2.45) is 29.1 Å². The van der Waals surface area contributed by atoms with E-state index in [1.165, 1.54) is 5.57 Å². The first-order valence-corrected chi connectivity index (χ1v) is 11.6. The van der Waals surface area contributed by atoms with E-state index < -0.39 is 23.6 Å². The van der Waals surface area contributed by atoms with Crippen molar-refractivity contribution < 1.29 is 29.6 Å². The minimum Gasteiger partial charge on any atom is -0.481 e. The quantitative estimate of drug-likeness (QED) is 0.445. The molecule has 0 spiro atoms. The van der Waals surface area contributed by atoms with E-state index in [-0.39, 0.29) is 42.7 Å². The number of fused-ring (bicyclic) bond motifs is 1. The fourth-order valence-electron chi connectivity index (χ4n) is 4.76. The maximum atomic E-state index is 12.8. The van der Waals surface area contributed by atoms with Crippen LogP contribution in [0.25, 0.3) is 0 Å². The molecule has 31 heavy (non-hydrogen) atoms. The molecule has 0 fully saturated rings. The summed E-state index contributed by atoms with van der Waals surface area (Å²) in [6, 6.07) is 0. The first-order valence-electron chi connectivity index (χ1n) is 11.6. The number of hydrogen-bond acceptors (Lipinski definition) is 5. The highest BCUT2D eigenvalue weighted by Gasteiger charge is 2.42. The lowest BCUT2D eigenvalue weighted by Gasteiger charge is -2.44. The summed E-state index contributed by atoms with van der Waals surface area (Å²) in [5.41, 5.74) is 0.682. The van der Waals surface area contributed by atoms with Crippen LogP contribution in [0.1, 0.15) is 73.1 Å². The standard InChI is InChI=1S/C25H40O6/c1-6-25(4,5)24(30)31-21-12-15(2)11-17-8-7-16(3)20(23(17)21)10-9-18(26)13-19(27)14-22(28)29/h7-8,11,15-16,18-21,23,26-27H,6,9-10,12-14H2,1-5H3,(H,28,29)/t15-,16-,18+,19+,20-,21+,23-/m0/s1. The molecule has 0 aromatic carbocycles. The van der Waals surface area contributed by atoms with Crippen LogP contribution in [0.15, 0.2) is 23.8 Å². The van der Waals surface area contributed by atoms with Gasteiger partial charge in [0.1, 0.15) is 6.10 Å². The van der Waals surface area contributed by atoms with Gasteiger partial charge in [0.2, 0.25) is 0 Å². The minimum absolute atomic E-state index is 0.0523. The Morgan fingerprint density at radius 3 is 2.52 bits per heavy atom. The Morgan fingerprint density at radius 2 is 1.90 bits per heavy atom. The van der Waals surface area contributed by atoms with E-state index >= 15 is 0 Å². The Balaban J connectivity index is 2.12. The van der Waals surface area contributed by atoms with Gasteiger partial charge in [0.25, 0.3) is 0 Å². The number of esters is 1. The highest BCUT2D eigenvalue weighted by atomic mass is 16.5. The molecule has 0 bridgehead atoms. The molecule has 2 aliphatic rings. The normalized spacial score (nSPS) is 30.2. The Morgan fingerprint density at radius 1 is 1.23 bits per heavy atom. The predicted molar refractivity (Wildman–Crippen MR) is 119 cm³/mol. The molecule has 2 aliphatic carbocycles. The molecule has 0 heterocycles. The van der Waals surface area contributed by atoms with Gasteiger partial charge in [-0.25, -0.2) is 0 Å². The third-order valence-electron chi connectivity index (χ3n) is 7.08. The molecule has 2 rings (SSSR count). The zero-order valence-corrected chi connectivity index (χ0v) is 19.6. The van der Waals surface area contributed by atoms with Gasteiger partial charge in [0.15, 0.2) is 0 Å². The highest BCUT2D eigenvalue weighted by molar-refractivity contribution is 5.76. The number of aliphatic hydroxyl groups excluding tert-OH is 2. The number of ether oxygens (including phenoxy) is 1. The summed E-state index contributed by atoms with van der Waals surface area (Å²) in [5.74, 6) is -0.347. The Hall–Kier alpha value is -1.66. The van der Waals surface area contributed by atoms with E-state index in [4.69, 9.17) is 9.84 Å². The fraction of sp³-hybridized carbons (Fsp3) is 0.760. The second-order valence-electron chi connectivity index (χ2n) is 10.2. The van der Waals surface area contributed by atoms with E-state index in [1.54, 1.807) is 0 Å². The van der Waals surface area contributed by atoms with Crippen LogP contribution in [0.4, 0.5) is 0 Å². The third kappa shape index (κ3) is 6.91. The summed E-state index contributed by atoms with van der Waals surface area (Å²) in [4.78, 5) is 23.6. The Labute approximate surface area is 186 Å². The number of aliphatic hydroxyl groups is 2. The van der Waals surface area contributed by atoms with Gasteiger partial charge in [-0.3, -0.25) is 9.59 Å². The van der Waals surface area contributed by atoms with Gasteiger partial charge in [0, 0.05) is 5.92 Å². The predicted octanol–water partition coefficient (Wildman–Crippen LogP) is 4.11. The number of hydrogen-bond donors (Lipinski definition) is 3. The molecular weight excluding hydrogens is 396 g/mol. The van der Waals surface area contributed by atoms with Gasteiger partial charge in [-0.05, 0) is 69.3 Å². The van der Waals surface area contributed by atoms with Crippen molar-refractivity contribution in [2.45, 2.75) is 91.5 Å². The average molecular weight is 437 g/mol. The summed E-state index contributed by atoms with van der Waals surface area (Å²) >= 11 is 0. The van der Waals surface area contributed by atoms with Crippen LogP contribution in [0.2, 0.25) is 0 Å². The van der Waals surface area contributed by atoms with Crippen LogP contribution < -0.4 is 0 Å². The average Bonchev–Trinajstić information content (AvgIpc) is 2.66. The van der Waals surface area contributed by atoms with Crippen LogP contribution >= 0.6 is 0 Å². The number of rotatable bonds is 10. The van der Waals surface area contributed by atoms with Crippen LogP contribution in [-0.2, 0) is 14.3 Å². The van der Waals surface area contributed by atoms with Crippen molar-refractivity contribution in [3.63, 3.8) is 0 Å². The number of carbonyl (C=O) groups is 2. The van der Waals surface area contributed by atoms with Gasteiger partial charge in [-0.1, -0.05) is 39.0 Å². The molecule has 0 aromatic heterocycles. The number of carboxylic acids is 1. The largest absolute Gasteiger partial charge is 0.481 e. The number of aliphatic carboxylic acids is 1. The summed E-state index contributed by atoms with van der Waals surface area (Å²) < 4.78 is 6.10. The molecule has 0 saturated heterocycles. The molecular formula is C25H40O6. The van der Waals surface area contributed by atoms with Crippen LogP contribution in [0.3, 0.4) is 0 Å². The molecule has 176 valence electrons. The molecule has 6 nitrogen and oxygen atoms in total. The zero-order chi connectivity index (χ0) is 23.3. The number of carbonyl (C=O) groups excluding carboxylic acids is 1. The molecule has 0 aromatic rings. The van der Waals surface area contributed by atoms with E-state index in [1.807, 2.05) is 20.8 Å². The first-order chi connectivity index (χ1) is 14.4. The van der Waals surface area contributed by atoms with Crippen molar-refractivity contribution in [2.75, 3.05) is 0 Å². The maximum Gasteiger partial charge on any atom is 0.311 e. The van der Waals surface area contributed by atoms with Crippen molar-refractivity contribution >= 4 is 11.9 Å². The van der Waals surface area contributed by atoms with Gasteiger partial charge in [-0.2, -0.15) is 0 Å². The number of carboxylic acid groups (broad SMARTS) is 1. The van der Waals surface area contributed by atoms with E-state index in [9.17, 15) is 19.8 Å². The van der Waals surface area contributed by atoms with Gasteiger partial charge in [0.05, 0.1) is 24.0 Å². The van der Waals surface area contributed by atoms with Crippen molar-refractivity contribution in [3.05, 3.63) is 23.8 Å². The van der Waals surface area contributed by atoms with Gasteiger partial charge in [-0.15, -0.1) is 0 Å². The lowest BCUT2D eigenvalue weighted by atomic mass is 9.65. The van der Waals surface area contributed by atoms with Crippen molar-refractivity contribution in [1.82, 2.24) is 0 Å². The van der Waals surface area contributed by atoms with E-state index in [0.29, 0.717) is 25.2 Å². The summed E-state index contributed by atoms with van der Waals surface area (Å²) in [6.07, 6.45) is 6.98. The van der Waals surface area contributed by atoms with E-state index in [2.05, 4.69) is 32.1 Å². The maximum absolute atomic E-state index is 12.8. The van der Waals surface area contributed by atoms with E-state index in [0.717, 1.165) is 6.42 Å². The summed E-state index contributed by atoms with van der Waals surface area (Å²) in [6.45, 7) is 10.1. The fourth-order valence-corrected chi connectivity index (χ4v) is 4.76. The van der Waals surface area contributed by atoms with Crippen molar-refractivity contribution in [3.8, 4) is 0 Å². The minimum atomic E-state index is -1.07. The summed E-state index contributed by atoms with van der Waals surface area (Å²) in [7, 11) is 0. The molecule has 3 N–H and O–H groups in total. The van der Waals surface area contributed by atoms with Gasteiger partial charge >= 0.3 is 11.9 Å². The summed E-state index contributed by atoms with van der Waals surface area (Å²) in [5, 5.41) is 29.0. The van der Waals surface area contributed by atoms with Crippen LogP contribution in [0.5, 0.6) is 0 Å². The lowest BCUT2D eigenvalue weighted by Crippen LogP contribution is -2.43. The third-order valence-corrected chi connectivity index (χ3v) is 7.08. The second-order valence-corrected chi connectivity index (χ2v) is 10.2. The SMILES string of the molecule is CCC(C)(C)C(=O)O[C@@H]1C[C@@H](C)C=C2C=C[C@H](C)[C@H](CC[C@@H](O)C[C@@H](O)CC(=O)O)[C@H]21. The van der Waals surface area contributed by atoms with Crippen LogP contribution in [-0.4, -0.2) is 45.6 Å². The second kappa shape index (κ2) is 10.8. The molecule has 0 unspecified atom stereocenters. The smallest absolute Gasteiger partial charge is 0.311 e. The molecule has 0 radical (unpaired) electrons. The molecule has 0 amide bonds. The lowest BCUT2D eigenvalue weighted by molar-refractivity contribution is -0.164. The number of allylic oxidation sites excluding steroid dienone is 3. The topological polar surface area (TPSA) is 104 Å².